The summed E-state index contributed by atoms with van der Waals surface area (Å²) in [7, 11) is -3.15. The number of nitrogens with one attached hydrogen (secondary N) is 2. The van der Waals surface area contributed by atoms with Crippen molar-refractivity contribution in [3.63, 3.8) is 0 Å². The molecule has 1 aromatic carbocycles. The molecular formula is C20H29N3O4S. The molecular weight excluding hydrogens is 378 g/mol. The molecule has 1 aromatic heterocycles. The maximum atomic E-state index is 11.6. The lowest BCUT2D eigenvalue weighted by Gasteiger charge is -2.31. The van der Waals surface area contributed by atoms with Gasteiger partial charge in [-0.1, -0.05) is 11.6 Å². The summed E-state index contributed by atoms with van der Waals surface area (Å²) in [6.07, 6.45) is 4.47. The van der Waals surface area contributed by atoms with Crippen LogP contribution in [-0.4, -0.2) is 48.9 Å². The summed E-state index contributed by atoms with van der Waals surface area (Å²) in [4.78, 5) is 11.6. The van der Waals surface area contributed by atoms with Crippen LogP contribution in [0.1, 0.15) is 42.1 Å². The van der Waals surface area contributed by atoms with Gasteiger partial charge in [-0.15, -0.1) is 0 Å². The first-order chi connectivity index (χ1) is 13.3. The Balaban J connectivity index is 1.67. The molecule has 8 heteroatoms. The normalized spacial score (nSPS) is 20.5. The van der Waals surface area contributed by atoms with Crippen molar-refractivity contribution in [2.45, 2.75) is 45.7 Å². The van der Waals surface area contributed by atoms with Gasteiger partial charge in [0.05, 0.1) is 11.3 Å². The van der Waals surface area contributed by atoms with Crippen LogP contribution < -0.4 is 10.0 Å². The third-order valence-electron chi connectivity index (χ3n) is 5.52. The van der Waals surface area contributed by atoms with Crippen LogP contribution >= 0.6 is 0 Å². The number of carboxylic acids is 1. The molecule has 0 saturated carbocycles. The van der Waals surface area contributed by atoms with E-state index in [4.69, 9.17) is 0 Å². The van der Waals surface area contributed by atoms with Crippen molar-refractivity contribution in [2.75, 3.05) is 18.8 Å². The second-order valence-corrected chi connectivity index (χ2v) is 9.74. The topological polar surface area (TPSA) is 100 Å². The van der Waals surface area contributed by atoms with Gasteiger partial charge >= 0.3 is 5.97 Å². The predicted octanol–water partition coefficient (Wildman–Crippen LogP) is 2.35. The zero-order valence-electron chi connectivity index (χ0n) is 16.4. The fourth-order valence-electron chi connectivity index (χ4n) is 3.98. The van der Waals surface area contributed by atoms with Gasteiger partial charge in [0.2, 0.25) is 10.0 Å². The first-order valence-corrected chi connectivity index (χ1v) is 11.5. The molecule has 2 unspecified atom stereocenters. The highest BCUT2D eigenvalue weighted by molar-refractivity contribution is 7.89. The van der Waals surface area contributed by atoms with Crippen molar-refractivity contribution < 1.29 is 18.3 Å². The molecule has 0 aliphatic carbocycles. The van der Waals surface area contributed by atoms with Crippen LogP contribution in [0.5, 0.6) is 0 Å². The van der Waals surface area contributed by atoms with Gasteiger partial charge in [-0.25, -0.2) is 17.9 Å². The Hall–Kier alpha value is -1.90. The van der Waals surface area contributed by atoms with Crippen LogP contribution in [0.3, 0.4) is 0 Å². The van der Waals surface area contributed by atoms with Gasteiger partial charge in [0.25, 0.3) is 0 Å². The Morgan fingerprint density at radius 1 is 1.39 bits per heavy atom. The van der Waals surface area contributed by atoms with Crippen LogP contribution in [0.25, 0.3) is 10.9 Å². The van der Waals surface area contributed by atoms with E-state index in [0.717, 1.165) is 48.8 Å². The maximum Gasteiger partial charge on any atom is 0.337 e. The van der Waals surface area contributed by atoms with E-state index in [-0.39, 0.29) is 11.8 Å². The minimum absolute atomic E-state index is 0.0970. The predicted molar refractivity (Wildman–Crippen MR) is 110 cm³/mol. The number of aromatic nitrogens is 1. The van der Waals surface area contributed by atoms with E-state index >= 15 is 0 Å². The summed E-state index contributed by atoms with van der Waals surface area (Å²) in [6, 6.07) is 6.20. The SMILES string of the molecule is CCS(=O)(=O)NCCC1CC(Cn2cc(C(=O)O)c3cc(C)ccc32)CCN1. The van der Waals surface area contributed by atoms with Crippen LogP contribution in [0.4, 0.5) is 0 Å². The number of benzene rings is 1. The molecule has 1 aliphatic heterocycles. The highest BCUT2D eigenvalue weighted by Gasteiger charge is 2.23. The van der Waals surface area contributed by atoms with Crippen LogP contribution in [0.2, 0.25) is 0 Å². The molecule has 0 bridgehead atoms. The maximum absolute atomic E-state index is 11.6. The van der Waals surface area contributed by atoms with Gasteiger partial charge in [0.1, 0.15) is 0 Å². The van der Waals surface area contributed by atoms with Crippen molar-refractivity contribution >= 4 is 26.9 Å². The molecule has 0 spiro atoms. The molecule has 1 fully saturated rings. The number of hydrogen-bond acceptors (Lipinski definition) is 4. The van der Waals surface area contributed by atoms with Gasteiger partial charge in [-0.2, -0.15) is 0 Å². The largest absolute Gasteiger partial charge is 0.478 e. The summed E-state index contributed by atoms with van der Waals surface area (Å²) >= 11 is 0. The monoisotopic (exact) mass is 407 g/mol. The number of hydrogen-bond donors (Lipinski definition) is 3. The van der Waals surface area contributed by atoms with E-state index in [1.165, 1.54) is 0 Å². The molecule has 7 nitrogen and oxygen atoms in total. The molecule has 2 atom stereocenters. The van der Waals surface area contributed by atoms with Crippen molar-refractivity contribution in [1.29, 1.82) is 0 Å². The number of nitrogens with zero attached hydrogens (tertiary/aromatic N) is 1. The lowest BCUT2D eigenvalue weighted by Crippen LogP contribution is -2.41. The average Bonchev–Trinajstić information content (AvgIpc) is 3.00. The second-order valence-electron chi connectivity index (χ2n) is 7.65. The summed E-state index contributed by atoms with van der Waals surface area (Å²) in [5, 5.41) is 13.8. The molecule has 2 aromatic rings. The van der Waals surface area contributed by atoms with Gasteiger partial charge in [0, 0.05) is 36.2 Å². The number of aryl methyl sites for hydroxylation is 1. The van der Waals surface area contributed by atoms with Crippen molar-refractivity contribution in [2.24, 2.45) is 5.92 Å². The number of carbonyl (C=O) groups is 1. The molecule has 0 amide bonds. The molecule has 2 heterocycles. The van der Waals surface area contributed by atoms with Gasteiger partial charge in [-0.05, 0) is 57.7 Å². The Labute approximate surface area is 166 Å². The zero-order chi connectivity index (χ0) is 20.3. The van der Waals surface area contributed by atoms with E-state index in [9.17, 15) is 18.3 Å². The van der Waals surface area contributed by atoms with E-state index < -0.39 is 16.0 Å². The summed E-state index contributed by atoms with van der Waals surface area (Å²) in [5.74, 6) is -0.381. The van der Waals surface area contributed by atoms with Crippen LogP contribution in [-0.2, 0) is 16.6 Å². The number of fused-ring (bicyclic) bond motifs is 1. The third kappa shape index (κ3) is 4.92. The fraction of sp³-hybridized carbons (Fsp3) is 0.550. The molecule has 1 aliphatic rings. The number of aromatic carboxylic acids is 1. The van der Waals surface area contributed by atoms with E-state index in [2.05, 4.69) is 14.6 Å². The quantitative estimate of drug-likeness (QED) is 0.624. The van der Waals surface area contributed by atoms with E-state index in [1.807, 2.05) is 25.1 Å². The van der Waals surface area contributed by atoms with Crippen molar-refractivity contribution in [3.05, 3.63) is 35.5 Å². The number of carboxylic acid groups (broad SMARTS) is 1. The summed E-state index contributed by atoms with van der Waals surface area (Å²) < 4.78 is 27.8. The summed E-state index contributed by atoms with van der Waals surface area (Å²) in [6.45, 7) is 5.69. The van der Waals surface area contributed by atoms with Crippen molar-refractivity contribution in [3.8, 4) is 0 Å². The van der Waals surface area contributed by atoms with Crippen molar-refractivity contribution in [1.82, 2.24) is 14.6 Å². The Bertz CT molecular complexity index is 952. The van der Waals surface area contributed by atoms with Gasteiger partial charge < -0.3 is 15.0 Å². The molecule has 28 heavy (non-hydrogen) atoms. The lowest BCUT2D eigenvalue weighted by atomic mass is 9.91. The minimum atomic E-state index is -3.15. The average molecular weight is 408 g/mol. The number of sulfonamides is 1. The molecule has 0 radical (unpaired) electrons. The third-order valence-corrected chi connectivity index (χ3v) is 6.92. The lowest BCUT2D eigenvalue weighted by molar-refractivity contribution is 0.0698. The first-order valence-electron chi connectivity index (χ1n) is 9.82. The zero-order valence-corrected chi connectivity index (χ0v) is 17.3. The van der Waals surface area contributed by atoms with Gasteiger partial charge in [0.15, 0.2) is 0 Å². The molecule has 3 rings (SSSR count). The second kappa shape index (κ2) is 8.63. The summed E-state index contributed by atoms with van der Waals surface area (Å²) in [5.41, 5.74) is 2.34. The first kappa shape index (κ1) is 20.8. The van der Waals surface area contributed by atoms with Crippen LogP contribution in [0, 0.1) is 12.8 Å². The van der Waals surface area contributed by atoms with E-state index in [1.54, 1.807) is 13.1 Å². The van der Waals surface area contributed by atoms with E-state index in [0.29, 0.717) is 18.0 Å². The highest BCUT2D eigenvalue weighted by atomic mass is 32.2. The molecule has 3 N–H and O–H groups in total. The van der Waals surface area contributed by atoms with Crippen LogP contribution in [0.15, 0.2) is 24.4 Å². The smallest absolute Gasteiger partial charge is 0.337 e. The Kier molecular flexibility index (Phi) is 6.42. The molecule has 1 saturated heterocycles. The minimum Gasteiger partial charge on any atom is -0.478 e. The fourth-order valence-corrected chi connectivity index (χ4v) is 4.62. The number of piperidine rings is 1. The van der Waals surface area contributed by atoms with Gasteiger partial charge in [-0.3, -0.25) is 0 Å². The number of rotatable bonds is 8. The molecule has 154 valence electrons. The Morgan fingerprint density at radius 3 is 2.89 bits per heavy atom. The highest BCUT2D eigenvalue weighted by Crippen LogP contribution is 2.27. The standard InChI is InChI=1S/C20H29N3O4S/c1-3-28(26,27)22-9-7-16-11-15(6-8-21-16)12-23-13-18(20(24)25)17-10-14(2)4-5-19(17)23/h4-5,10,13,15-16,21-22H,3,6-9,11-12H2,1-2H3,(H,24,25). The Morgan fingerprint density at radius 2 is 2.18 bits per heavy atom.